The van der Waals surface area contributed by atoms with E-state index in [1.165, 1.54) is 6.92 Å². The van der Waals surface area contributed by atoms with Crippen LogP contribution in [0.15, 0.2) is 12.2 Å². The summed E-state index contributed by atoms with van der Waals surface area (Å²) in [5, 5.41) is 8.15. The van der Waals surface area contributed by atoms with Gasteiger partial charge in [-0.15, -0.1) is 0 Å². The third kappa shape index (κ3) is 23.0. The lowest BCUT2D eigenvalue weighted by molar-refractivity contribution is -0.143. The second-order valence-corrected chi connectivity index (χ2v) is 3.60. The summed E-state index contributed by atoms with van der Waals surface area (Å²) in [4.78, 5) is 42.1. The number of carbonyl (C=O) groups excluding carboxylic acids is 1. The van der Waals surface area contributed by atoms with E-state index in [-0.39, 0.29) is 18.6 Å². The molecule has 94 valence electrons. The number of esters is 1. The highest BCUT2D eigenvalue weighted by atomic mass is 31.2. The van der Waals surface area contributed by atoms with Crippen molar-refractivity contribution < 1.29 is 38.7 Å². The van der Waals surface area contributed by atoms with Crippen molar-refractivity contribution in [2.75, 3.05) is 6.61 Å². The van der Waals surface area contributed by atoms with Crippen molar-refractivity contribution in [2.45, 2.75) is 13.3 Å². The Balaban J connectivity index is 0. The Kier molecular flexibility index (Phi) is 8.60. The lowest BCUT2D eigenvalue weighted by Gasteiger charge is -2.00. The monoisotopic (exact) mass is 256 g/mol. The summed E-state index contributed by atoms with van der Waals surface area (Å²) in [7, 11) is -4.64. The largest absolute Gasteiger partial charge is 0.481 e. The third-order valence-electron chi connectivity index (χ3n) is 0.898. The number of phosphoric acid groups is 1. The normalized spacial score (nSPS) is 9.75. The molecule has 0 unspecified atom stereocenters. The fourth-order valence-electron chi connectivity index (χ4n) is 0.354. The molecule has 0 amide bonds. The SMILES string of the molecule is C=C(C)C(=O)OCCC(=O)O.O=P(O)(O)O. The molecule has 0 spiro atoms. The summed E-state index contributed by atoms with van der Waals surface area (Å²) < 4.78 is 13.4. The molecule has 0 aliphatic rings. The molecule has 9 heteroatoms. The fourth-order valence-corrected chi connectivity index (χ4v) is 0.354. The van der Waals surface area contributed by atoms with E-state index in [4.69, 9.17) is 24.4 Å². The van der Waals surface area contributed by atoms with Crippen molar-refractivity contribution in [3.8, 4) is 0 Å². The molecule has 0 aromatic heterocycles. The quantitative estimate of drug-likeness (QED) is 0.304. The zero-order valence-corrected chi connectivity index (χ0v) is 9.38. The molecule has 0 aliphatic carbocycles. The molecule has 4 N–H and O–H groups in total. The standard InChI is InChI=1S/C7H10O4.H3O4P/c1-5(2)7(10)11-4-3-6(8)9;1-5(2,3)4/h1,3-4H2,2H3,(H,8,9);(H3,1,2,3,4). The van der Waals surface area contributed by atoms with Crippen LogP contribution in [0.5, 0.6) is 0 Å². The van der Waals surface area contributed by atoms with Gasteiger partial charge in [-0.3, -0.25) is 4.79 Å². The lowest BCUT2D eigenvalue weighted by Crippen LogP contribution is -2.09. The van der Waals surface area contributed by atoms with Gasteiger partial charge >= 0.3 is 19.8 Å². The number of carboxylic acid groups (broad SMARTS) is 1. The van der Waals surface area contributed by atoms with Crippen molar-refractivity contribution >= 4 is 19.8 Å². The first kappa shape index (κ1) is 17.2. The average Bonchev–Trinajstić information content (AvgIpc) is 1.99. The second kappa shape index (κ2) is 8.00. The van der Waals surface area contributed by atoms with Crippen molar-refractivity contribution in [3.05, 3.63) is 12.2 Å². The third-order valence-corrected chi connectivity index (χ3v) is 0.898. The highest BCUT2D eigenvalue weighted by Gasteiger charge is 2.03. The molecule has 0 radical (unpaired) electrons. The van der Waals surface area contributed by atoms with Crippen LogP contribution in [0.1, 0.15) is 13.3 Å². The Morgan fingerprint density at radius 2 is 1.69 bits per heavy atom. The number of aliphatic carboxylic acids is 1. The smallest absolute Gasteiger partial charge is 0.466 e. The minimum atomic E-state index is -4.64. The molecule has 0 rings (SSSR count). The Morgan fingerprint density at radius 1 is 1.31 bits per heavy atom. The average molecular weight is 256 g/mol. The molecule has 0 saturated heterocycles. The number of rotatable bonds is 4. The first-order valence-electron chi connectivity index (χ1n) is 3.86. The van der Waals surface area contributed by atoms with E-state index in [2.05, 4.69) is 11.3 Å². The summed E-state index contributed by atoms with van der Waals surface area (Å²) in [6, 6.07) is 0. The number of ether oxygens (including phenoxy) is 1. The van der Waals surface area contributed by atoms with Gasteiger partial charge in [-0.1, -0.05) is 6.58 Å². The van der Waals surface area contributed by atoms with Crippen LogP contribution in [0.4, 0.5) is 0 Å². The van der Waals surface area contributed by atoms with E-state index in [9.17, 15) is 9.59 Å². The first-order valence-corrected chi connectivity index (χ1v) is 5.43. The summed E-state index contributed by atoms with van der Waals surface area (Å²) in [6.07, 6.45) is -0.168. The van der Waals surface area contributed by atoms with Crippen molar-refractivity contribution in [2.24, 2.45) is 0 Å². The van der Waals surface area contributed by atoms with Gasteiger partial charge in [0, 0.05) is 5.57 Å². The van der Waals surface area contributed by atoms with Crippen molar-refractivity contribution in [3.63, 3.8) is 0 Å². The zero-order chi connectivity index (χ0) is 13.4. The predicted molar refractivity (Wildman–Crippen MR) is 52.3 cm³/mol. The molecule has 0 aromatic carbocycles. The number of carbonyl (C=O) groups is 2. The van der Waals surface area contributed by atoms with Gasteiger partial charge in [0.25, 0.3) is 0 Å². The molecule has 0 bridgehead atoms. The van der Waals surface area contributed by atoms with E-state index < -0.39 is 19.8 Å². The summed E-state index contributed by atoms with van der Waals surface area (Å²) >= 11 is 0. The Hall–Kier alpha value is -1.21. The van der Waals surface area contributed by atoms with Crippen LogP contribution in [0.2, 0.25) is 0 Å². The molecule has 0 aromatic rings. The van der Waals surface area contributed by atoms with Gasteiger partial charge in [0.15, 0.2) is 0 Å². The first-order chi connectivity index (χ1) is 7.04. The zero-order valence-electron chi connectivity index (χ0n) is 8.49. The maximum Gasteiger partial charge on any atom is 0.466 e. The highest BCUT2D eigenvalue weighted by Crippen LogP contribution is 2.25. The van der Waals surface area contributed by atoms with Crippen LogP contribution in [0.3, 0.4) is 0 Å². The molecular weight excluding hydrogens is 243 g/mol. The van der Waals surface area contributed by atoms with Crippen LogP contribution in [-0.4, -0.2) is 38.3 Å². The van der Waals surface area contributed by atoms with E-state index >= 15 is 0 Å². The molecule has 8 nitrogen and oxygen atoms in total. The minimum Gasteiger partial charge on any atom is -0.481 e. The van der Waals surface area contributed by atoms with Crippen molar-refractivity contribution in [1.29, 1.82) is 0 Å². The molecular formula is C7H13O8P. The van der Waals surface area contributed by atoms with Gasteiger partial charge in [0.2, 0.25) is 0 Å². The summed E-state index contributed by atoms with van der Waals surface area (Å²) in [6.45, 7) is 4.74. The summed E-state index contributed by atoms with van der Waals surface area (Å²) in [5.41, 5.74) is 0.274. The second-order valence-electron chi connectivity index (χ2n) is 2.57. The Morgan fingerprint density at radius 3 is 1.94 bits per heavy atom. The van der Waals surface area contributed by atoms with Gasteiger partial charge in [-0.25, -0.2) is 9.36 Å². The maximum absolute atomic E-state index is 10.6. The number of hydrogen-bond donors (Lipinski definition) is 4. The highest BCUT2D eigenvalue weighted by molar-refractivity contribution is 7.45. The van der Waals surface area contributed by atoms with Crippen LogP contribution >= 0.6 is 7.82 Å². The number of hydrogen-bond acceptors (Lipinski definition) is 4. The topological polar surface area (TPSA) is 141 Å². The molecule has 0 atom stereocenters. The van der Waals surface area contributed by atoms with Gasteiger partial charge in [-0.2, -0.15) is 0 Å². The summed E-state index contributed by atoms with van der Waals surface area (Å²) in [5.74, 6) is -1.54. The molecule has 0 aliphatic heterocycles. The number of carboxylic acids is 1. The van der Waals surface area contributed by atoms with Crippen LogP contribution < -0.4 is 0 Å². The van der Waals surface area contributed by atoms with Crippen molar-refractivity contribution in [1.82, 2.24) is 0 Å². The predicted octanol–water partition coefficient (Wildman–Crippen LogP) is -0.348. The Bertz CT molecular complexity index is 295. The van der Waals surface area contributed by atoms with E-state index in [0.717, 1.165) is 0 Å². The molecule has 0 heterocycles. The van der Waals surface area contributed by atoms with Crippen LogP contribution in [0, 0.1) is 0 Å². The molecule has 16 heavy (non-hydrogen) atoms. The van der Waals surface area contributed by atoms with Crippen LogP contribution in [0.25, 0.3) is 0 Å². The van der Waals surface area contributed by atoms with E-state index in [1.807, 2.05) is 0 Å². The van der Waals surface area contributed by atoms with Gasteiger partial charge in [-0.05, 0) is 6.92 Å². The van der Waals surface area contributed by atoms with E-state index in [0.29, 0.717) is 0 Å². The van der Waals surface area contributed by atoms with Crippen LogP contribution in [-0.2, 0) is 18.9 Å². The molecule has 0 saturated carbocycles. The van der Waals surface area contributed by atoms with Gasteiger partial charge in [0.05, 0.1) is 6.42 Å². The Labute approximate surface area is 91.4 Å². The fraction of sp³-hybridized carbons (Fsp3) is 0.429. The molecule has 0 fully saturated rings. The van der Waals surface area contributed by atoms with Gasteiger partial charge in [0.1, 0.15) is 6.61 Å². The maximum atomic E-state index is 10.6. The van der Waals surface area contributed by atoms with E-state index in [1.54, 1.807) is 0 Å². The lowest BCUT2D eigenvalue weighted by atomic mass is 10.4. The minimum absolute atomic E-state index is 0.0962. The van der Waals surface area contributed by atoms with Gasteiger partial charge < -0.3 is 24.5 Å².